The first-order chi connectivity index (χ1) is 4.73. The van der Waals surface area contributed by atoms with Gasteiger partial charge in [-0.15, -0.1) is 0 Å². The summed E-state index contributed by atoms with van der Waals surface area (Å²) in [6.07, 6.45) is -5.22. The lowest BCUT2D eigenvalue weighted by atomic mass is 10.1. The molecule has 0 radical (unpaired) electrons. The van der Waals surface area contributed by atoms with Crippen LogP contribution in [0.1, 0.15) is 6.92 Å². The second-order valence-corrected chi connectivity index (χ2v) is 1.99. The van der Waals surface area contributed by atoms with Gasteiger partial charge >= 0.3 is 12.1 Å². The molecule has 0 N–H and O–H groups in total. The van der Waals surface area contributed by atoms with Gasteiger partial charge in [-0.1, -0.05) is 0 Å². The van der Waals surface area contributed by atoms with Crippen molar-refractivity contribution in [2.45, 2.75) is 18.8 Å². The van der Waals surface area contributed by atoms with Crippen LogP contribution < -0.4 is 0 Å². The third-order valence-electron chi connectivity index (χ3n) is 1.10. The van der Waals surface area contributed by atoms with Crippen LogP contribution in [0.15, 0.2) is 0 Å². The van der Waals surface area contributed by atoms with Gasteiger partial charge in [-0.05, 0) is 6.92 Å². The van der Waals surface area contributed by atoms with Gasteiger partial charge in [-0.25, -0.2) is 9.18 Å². The average Bonchev–Trinajstić information content (AvgIpc) is 1.83. The Kier molecular flexibility index (Phi) is 2.47. The van der Waals surface area contributed by atoms with E-state index in [1.807, 2.05) is 0 Å². The molecule has 0 aromatic carbocycles. The highest BCUT2D eigenvalue weighted by Gasteiger charge is 2.59. The molecule has 1 atom stereocenters. The molecule has 0 rings (SSSR count). The number of carbonyl (C=O) groups excluding carboxylic acids is 1. The molecule has 0 aromatic heterocycles. The Bertz CT molecular complexity index is 160. The monoisotopic (exact) mass is 174 g/mol. The van der Waals surface area contributed by atoms with Crippen LogP contribution in [0.4, 0.5) is 17.6 Å². The Balaban J connectivity index is 4.59. The molecule has 0 aliphatic heterocycles. The molecule has 66 valence electrons. The van der Waals surface area contributed by atoms with Crippen LogP contribution in [-0.2, 0) is 9.53 Å². The molecule has 0 amide bonds. The van der Waals surface area contributed by atoms with Crippen molar-refractivity contribution in [1.82, 2.24) is 0 Å². The fourth-order valence-corrected chi connectivity index (χ4v) is 0.307. The van der Waals surface area contributed by atoms with E-state index in [2.05, 4.69) is 4.74 Å². The second kappa shape index (κ2) is 2.67. The maximum atomic E-state index is 12.4. The van der Waals surface area contributed by atoms with Gasteiger partial charge in [-0.3, -0.25) is 0 Å². The summed E-state index contributed by atoms with van der Waals surface area (Å²) in [5, 5.41) is 0. The summed E-state index contributed by atoms with van der Waals surface area (Å²) in [5.74, 6) is -1.94. The summed E-state index contributed by atoms with van der Waals surface area (Å²) in [6.45, 7) is 0.110. The summed E-state index contributed by atoms with van der Waals surface area (Å²) in [4.78, 5) is 10.2. The SMILES string of the molecule is COC(=O)C(C)(F)C(F)(F)F. The molecule has 0 bridgehead atoms. The van der Waals surface area contributed by atoms with Crippen molar-refractivity contribution in [1.29, 1.82) is 0 Å². The Hall–Kier alpha value is -0.810. The third-order valence-corrected chi connectivity index (χ3v) is 1.10. The smallest absolute Gasteiger partial charge is 0.433 e. The van der Waals surface area contributed by atoms with Crippen molar-refractivity contribution in [2.24, 2.45) is 0 Å². The quantitative estimate of drug-likeness (QED) is 0.444. The van der Waals surface area contributed by atoms with E-state index < -0.39 is 17.8 Å². The molecule has 0 aliphatic rings. The van der Waals surface area contributed by atoms with Crippen LogP contribution in [0.5, 0.6) is 0 Å². The van der Waals surface area contributed by atoms with Gasteiger partial charge < -0.3 is 4.74 Å². The van der Waals surface area contributed by atoms with Gasteiger partial charge in [0.25, 0.3) is 5.67 Å². The predicted molar refractivity (Wildman–Crippen MR) is 27.6 cm³/mol. The van der Waals surface area contributed by atoms with Crippen molar-refractivity contribution in [2.75, 3.05) is 7.11 Å². The van der Waals surface area contributed by atoms with Crippen molar-refractivity contribution in [3.63, 3.8) is 0 Å². The van der Waals surface area contributed by atoms with Crippen LogP contribution in [0, 0.1) is 0 Å². The van der Waals surface area contributed by atoms with Gasteiger partial charge in [0.15, 0.2) is 0 Å². The average molecular weight is 174 g/mol. The van der Waals surface area contributed by atoms with Crippen molar-refractivity contribution in [3.05, 3.63) is 0 Å². The van der Waals surface area contributed by atoms with E-state index in [0.717, 1.165) is 0 Å². The minimum atomic E-state index is -5.22. The number of ether oxygens (including phenoxy) is 1. The minimum absolute atomic E-state index is 0.110. The highest BCUT2D eigenvalue weighted by atomic mass is 19.4. The van der Waals surface area contributed by atoms with E-state index in [1.54, 1.807) is 0 Å². The van der Waals surface area contributed by atoms with Crippen molar-refractivity contribution >= 4 is 5.97 Å². The van der Waals surface area contributed by atoms with Crippen LogP contribution in [-0.4, -0.2) is 24.9 Å². The Morgan fingerprint density at radius 2 is 1.64 bits per heavy atom. The summed E-state index contributed by atoms with van der Waals surface area (Å²) in [6, 6.07) is 0. The van der Waals surface area contributed by atoms with Crippen LogP contribution in [0.2, 0.25) is 0 Å². The number of hydrogen-bond donors (Lipinski definition) is 0. The lowest BCUT2D eigenvalue weighted by Crippen LogP contribution is -2.45. The molecular weight excluding hydrogens is 168 g/mol. The topological polar surface area (TPSA) is 26.3 Å². The van der Waals surface area contributed by atoms with Gasteiger partial charge in [-0.2, -0.15) is 13.2 Å². The maximum absolute atomic E-state index is 12.4. The minimum Gasteiger partial charge on any atom is -0.466 e. The summed E-state index contributed by atoms with van der Waals surface area (Å²) in [7, 11) is 0.686. The van der Waals surface area contributed by atoms with E-state index in [-0.39, 0.29) is 6.92 Å². The van der Waals surface area contributed by atoms with E-state index in [9.17, 15) is 22.4 Å². The van der Waals surface area contributed by atoms with Gasteiger partial charge in [0.05, 0.1) is 7.11 Å². The number of rotatable bonds is 1. The first-order valence-electron chi connectivity index (χ1n) is 2.57. The largest absolute Gasteiger partial charge is 0.466 e. The lowest BCUT2D eigenvalue weighted by molar-refractivity contribution is -0.232. The molecule has 0 spiro atoms. The van der Waals surface area contributed by atoms with E-state index >= 15 is 0 Å². The molecule has 11 heavy (non-hydrogen) atoms. The predicted octanol–water partition coefficient (Wildman–Crippen LogP) is 1.45. The first-order valence-corrected chi connectivity index (χ1v) is 2.57. The van der Waals surface area contributed by atoms with E-state index in [4.69, 9.17) is 0 Å². The molecule has 2 nitrogen and oxygen atoms in total. The fourth-order valence-electron chi connectivity index (χ4n) is 0.307. The maximum Gasteiger partial charge on any atom is 0.433 e. The van der Waals surface area contributed by atoms with Crippen LogP contribution in [0.3, 0.4) is 0 Å². The van der Waals surface area contributed by atoms with Gasteiger partial charge in [0, 0.05) is 0 Å². The van der Waals surface area contributed by atoms with Crippen molar-refractivity contribution < 1.29 is 27.1 Å². The molecule has 0 heterocycles. The number of halogens is 4. The first kappa shape index (κ1) is 10.2. The number of esters is 1. The highest BCUT2D eigenvalue weighted by Crippen LogP contribution is 2.34. The third kappa shape index (κ3) is 1.81. The summed E-state index contributed by atoms with van der Waals surface area (Å²) >= 11 is 0. The molecule has 0 saturated heterocycles. The highest BCUT2D eigenvalue weighted by molar-refractivity contribution is 5.79. The van der Waals surface area contributed by atoms with Gasteiger partial charge in [0.2, 0.25) is 0 Å². The second-order valence-electron chi connectivity index (χ2n) is 1.99. The Morgan fingerprint density at radius 1 is 1.27 bits per heavy atom. The zero-order chi connectivity index (χ0) is 9.28. The molecular formula is C5H6F4O2. The Morgan fingerprint density at radius 3 is 1.73 bits per heavy atom. The van der Waals surface area contributed by atoms with E-state index in [1.165, 1.54) is 0 Å². The number of methoxy groups -OCH3 is 1. The van der Waals surface area contributed by atoms with Gasteiger partial charge in [0.1, 0.15) is 0 Å². The number of carbonyl (C=O) groups is 1. The molecule has 0 fully saturated rings. The van der Waals surface area contributed by atoms with Crippen molar-refractivity contribution in [3.8, 4) is 0 Å². The molecule has 0 aliphatic carbocycles. The zero-order valence-corrected chi connectivity index (χ0v) is 5.83. The van der Waals surface area contributed by atoms with E-state index in [0.29, 0.717) is 7.11 Å². The standard InChI is InChI=1S/C5H6F4O2/c1-4(6,3(10)11-2)5(7,8)9/h1-2H3. The number of hydrogen-bond acceptors (Lipinski definition) is 2. The van der Waals surface area contributed by atoms with Crippen LogP contribution >= 0.6 is 0 Å². The number of alkyl halides is 4. The fraction of sp³-hybridized carbons (Fsp3) is 0.800. The molecule has 1 unspecified atom stereocenters. The lowest BCUT2D eigenvalue weighted by Gasteiger charge is -2.19. The van der Waals surface area contributed by atoms with Crippen LogP contribution in [0.25, 0.3) is 0 Å². The molecule has 0 saturated carbocycles. The molecule has 0 aromatic rings. The summed E-state index contributed by atoms with van der Waals surface area (Å²) < 4.78 is 50.8. The normalized spacial score (nSPS) is 17.3. The Labute approximate surface area is 60.1 Å². The molecule has 6 heteroatoms. The zero-order valence-electron chi connectivity index (χ0n) is 5.83. The summed E-state index contributed by atoms with van der Waals surface area (Å²) in [5.41, 5.74) is -3.91.